The van der Waals surface area contributed by atoms with Gasteiger partial charge in [-0.1, -0.05) is 6.92 Å². The van der Waals surface area contributed by atoms with Gasteiger partial charge < -0.3 is 14.7 Å². The van der Waals surface area contributed by atoms with Crippen molar-refractivity contribution in [2.45, 2.75) is 25.8 Å². The Morgan fingerprint density at radius 3 is 3.08 bits per heavy atom. The van der Waals surface area contributed by atoms with E-state index in [9.17, 15) is 4.79 Å². The summed E-state index contributed by atoms with van der Waals surface area (Å²) in [7, 11) is 0. The highest BCUT2D eigenvalue weighted by Gasteiger charge is 2.31. The molecule has 4 heteroatoms. The molecule has 1 heterocycles. The van der Waals surface area contributed by atoms with E-state index in [2.05, 4.69) is 0 Å². The second-order valence-electron chi connectivity index (χ2n) is 2.94. The highest BCUT2D eigenvalue weighted by Crippen LogP contribution is 2.14. The van der Waals surface area contributed by atoms with Gasteiger partial charge >= 0.3 is 6.09 Å². The number of hydrogen-bond donors (Lipinski definition) is 1. The van der Waals surface area contributed by atoms with Gasteiger partial charge in [-0.25, -0.2) is 4.79 Å². The smallest absolute Gasteiger partial charge is 0.410 e. The van der Waals surface area contributed by atoms with Crippen molar-refractivity contribution in [2.75, 3.05) is 19.8 Å². The van der Waals surface area contributed by atoms with Gasteiger partial charge in [0.2, 0.25) is 0 Å². The van der Waals surface area contributed by atoms with Gasteiger partial charge in [0.1, 0.15) is 6.61 Å². The van der Waals surface area contributed by atoms with E-state index in [0.29, 0.717) is 13.0 Å². The van der Waals surface area contributed by atoms with E-state index < -0.39 is 0 Å². The lowest BCUT2D eigenvalue weighted by atomic mass is 10.2. The molecule has 1 amide bonds. The van der Waals surface area contributed by atoms with Crippen LogP contribution in [0.25, 0.3) is 0 Å². The summed E-state index contributed by atoms with van der Waals surface area (Å²) in [5.41, 5.74) is 0. The number of carbonyl (C=O) groups excluding carboxylic acids is 1. The third-order valence-corrected chi connectivity index (χ3v) is 2.00. The minimum Gasteiger partial charge on any atom is -0.447 e. The maximum Gasteiger partial charge on any atom is 0.410 e. The second kappa shape index (κ2) is 4.30. The number of aliphatic hydroxyl groups is 1. The minimum atomic E-state index is -0.240. The molecule has 0 spiro atoms. The van der Waals surface area contributed by atoms with E-state index in [1.807, 2.05) is 6.92 Å². The maximum atomic E-state index is 11.1. The zero-order valence-corrected chi connectivity index (χ0v) is 7.32. The van der Waals surface area contributed by atoms with Gasteiger partial charge in [0.25, 0.3) is 0 Å². The Kier molecular flexibility index (Phi) is 3.34. The molecule has 1 aliphatic heterocycles. The van der Waals surface area contributed by atoms with E-state index in [0.717, 1.165) is 13.0 Å². The fourth-order valence-corrected chi connectivity index (χ4v) is 1.39. The van der Waals surface area contributed by atoms with Crippen LogP contribution in [0.3, 0.4) is 0 Å². The number of carbonyl (C=O) groups is 1. The summed E-state index contributed by atoms with van der Waals surface area (Å²) in [4.78, 5) is 12.8. The normalized spacial score (nSPS) is 23.0. The van der Waals surface area contributed by atoms with Crippen molar-refractivity contribution < 1.29 is 14.6 Å². The highest BCUT2D eigenvalue weighted by molar-refractivity contribution is 5.70. The molecule has 1 atom stereocenters. The number of hydrogen-bond acceptors (Lipinski definition) is 3. The average molecular weight is 173 g/mol. The lowest BCUT2D eigenvalue weighted by molar-refractivity contribution is 0.157. The number of cyclic esters (lactones) is 1. The van der Waals surface area contributed by atoms with Crippen molar-refractivity contribution >= 4 is 6.09 Å². The van der Waals surface area contributed by atoms with Gasteiger partial charge in [0.05, 0.1) is 6.04 Å². The first kappa shape index (κ1) is 9.32. The van der Waals surface area contributed by atoms with Crippen molar-refractivity contribution in [3.05, 3.63) is 0 Å². The Morgan fingerprint density at radius 2 is 2.50 bits per heavy atom. The first-order chi connectivity index (χ1) is 5.79. The van der Waals surface area contributed by atoms with Crippen molar-refractivity contribution in [1.29, 1.82) is 0 Å². The van der Waals surface area contributed by atoms with Gasteiger partial charge in [0, 0.05) is 13.2 Å². The number of amides is 1. The van der Waals surface area contributed by atoms with E-state index >= 15 is 0 Å². The summed E-state index contributed by atoms with van der Waals surface area (Å²) < 4.78 is 4.86. The summed E-state index contributed by atoms with van der Waals surface area (Å²) in [6, 6.07) is 0.0856. The second-order valence-corrected chi connectivity index (χ2v) is 2.94. The van der Waals surface area contributed by atoms with Gasteiger partial charge in [0.15, 0.2) is 0 Å². The quantitative estimate of drug-likeness (QED) is 0.677. The lowest BCUT2D eigenvalue weighted by Crippen LogP contribution is -2.34. The molecule has 4 nitrogen and oxygen atoms in total. The van der Waals surface area contributed by atoms with Crippen LogP contribution in [0.4, 0.5) is 4.79 Å². The fourth-order valence-electron chi connectivity index (χ4n) is 1.39. The molecule has 0 aliphatic carbocycles. The summed E-state index contributed by atoms with van der Waals surface area (Å²) in [6.07, 6.45) is 1.30. The molecule has 0 aromatic heterocycles. The molecule has 0 radical (unpaired) electrons. The predicted octanol–water partition coefficient (Wildman–Crippen LogP) is 0.600. The SMILES string of the molecule is CCCN1C(=O)OCC1CCO. The first-order valence-electron chi connectivity index (χ1n) is 4.33. The van der Waals surface area contributed by atoms with E-state index in [1.165, 1.54) is 0 Å². The number of aliphatic hydroxyl groups excluding tert-OH is 1. The number of nitrogens with zero attached hydrogens (tertiary/aromatic N) is 1. The highest BCUT2D eigenvalue weighted by atomic mass is 16.6. The monoisotopic (exact) mass is 173 g/mol. The Bertz CT molecular complexity index is 160. The largest absolute Gasteiger partial charge is 0.447 e. The zero-order chi connectivity index (χ0) is 8.97. The third-order valence-electron chi connectivity index (χ3n) is 2.00. The predicted molar refractivity (Wildman–Crippen MR) is 43.8 cm³/mol. The zero-order valence-electron chi connectivity index (χ0n) is 7.32. The van der Waals surface area contributed by atoms with Gasteiger partial charge in [-0.15, -0.1) is 0 Å². The average Bonchev–Trinajstić information content (AvgIpc) is 2.37. The lowest BCUT2D eigenvalue weighted by Gasteiger charge is -2.19. The summed E-state index contributed by atoms with van der Waals surface area (Å²) in [5.74, 6) is 0. The Hall–Kier alpha value is -0.770. The summed E-state index contributed by atoms with van der Waals surface area (Å²) >= 11 is 0. The van der Waals surface area contributed by atoms with E-state index in [1.54, 1.807) is 4.90 Å². The van der Waals surface area contributed by atoms with Crippen molar-refractivity contribution in [1.82, 2.24) is 4.90 Å². The summed E-state index contributed by atoms with van der Waals surface area (Å²) in [6.45, 7) is 3.28. The van der Waals surface area contributed by atoms with Gasteiger partial charge in [-0.05, 0) is 12.8 Å². The van der Waals surface area contributed by atoms with Crippen LogP contribution < -0.4 is 0 Å². The molecule has 1 N–H and O–H groups in total. The van der Waals surface area contributed by atoms with Crippen LogP contribution in [0.15, 0.2) is 0 Å². The van der Waals surface area contributed by atoms with Crippen molar-refractivity contribution in [3.8, 4) is 0 Å². The molecule has 1 unspecified atom stereocenters. The van der Waals surface area contributed by atoms with Crippen LogP contribution in [0.1, 0.15) is 19.8 Å². The van der Waals surface area contributed by atoms with Crippen LogP contribution >= 0.6 is 0 Å². The molecular formula is C8H15NO3. The fraction of sp³-hybridized carbons (Fsp3) is 0.875. The van der Waals surface area contributed by atoms with Crippen LogP contribution in [-0.2, 0) is 4.74 Å². The topological polar surface area (TPSA) is 49.8 Å². The van der Waals surface area contributed by atoms with Crippen molar-refractivity contribution in [3.63, 3.8) is 0 Å². The molecule has 0 bridgehead atoms. The molecule has 12 heavy (non-hydrogen) atoms. The minimum absolute atomic E-state index is 0.0856. The summed E-state index contributed by atoms with van der Waals surface area (Å²) in [5, 5.41) is 8.71. The van der Waals surface area contributed by atoms with Gasteiger partial charge in [-0.3, -0.25) is 0 Å². The van der Waals surface area contributed by atoms with E-state index in [-0.39, 0.29) is 18.7 Å². The number of ether oxygens (including phenoxy) is 1. The molecule has 0 aromatic rings. The first-order valence-corrected chi connectivity index (χ1v) is 4.33. The molecule has 1 fully saturated rings. The molecule has 1 rings (SSSR count). The van der Waals surface area contributed by atoms with Crippen molar-refractivity contribution in [2.24, 2.45) is 0 Å². The molecule has 70 valence electrons. The van der Waals surface area contributed by atoms with Gasteiger partial charge in [-0.2, -0.15) is 0 Å². The van der Waals surface area contributed by atoms with Crippen LogP contribution in [0, 0.1) is 0 Å². The third kappa shape index (κ3) is 1.88. The Morgan fingerprint density at radius 1 is 1.75 bits per heavy atom. The van der Waals surface area contributed by atoms with Crippen LogP contribution in [0.2, 0.25) is 0 Å². The molecular weight excluding hydrogens is 158 g/mol. The molecule has 1 saturated heterocycles. The number of rotatable bonds is 4. The van der Waals surface area contributed by atoms with Crippen LogP contribution in [0.5, 0.6) is 0 Å². The maximum absolute atomic E-state index is 11.1. The molecule has 0 saturated carbocycles. The Labute approximate surface area is 72.1 Å². The van der Waals surface area contributed by atoms with E-state index in [4.69, 9.17) is 9.84 Å². The standard InChI is InChI=1S/C8H15NO3/c1-2-4-9-7(3-5-10)6-12-8(9)11/h7,10H,2-6H2,1H3. The Balaban J connectivity index is 2.45. The van der Waals surface area contributed by atoms with Crippen LogP contribution in [-0.4, -0.2) is 41.9 Å². The molecule has 1 aliphatic rings. The molecule has 0 aromatic carbocycles.